The number of rotatable bonds is 0. The van der Waals surface area contributed by atoms with E-state index >= 15 is 0 Å². The molecule has 0 atom stereocenters. The Morgan fingerprint density at radius 2 is 2.08 bits per heavy atom. The van der Waals surface area contributed by atoms with Gasteiger partial charge in [0.05, 0.1) is 11.6 Å². The third kappa shape index (κ3) is 1.65. The van der Waals surface area contributed by atoms with Gasteiger partial charge >= 0.3 is 0 Å². The number of hydrogen-bond acceptors (Lipinski definition) is 1. The van der Waals surface area contributed by atoms with Crippen molar-refractivity contribution in [2.75, 3.05) is 0 Å². The van der Waals surface area contributed by atoms with Gasteiger partial charge in [0.25, 0.3) is 0 Å². The van der Waals surface area contributed by atoms with Crippen molar-refractivity contribution in [1.82, 2.24) is 0 Å². The van der Waals surface area contributed by atoms with E-state index in [4.69, 9.17) is 5.26 Å². The zero-order valence-electron chi connectivity index (χ0n) is 7.68. The summed E-state index contributed by atoms with van der Waals surface area (Å²) in [5.74, 6) is 0. The van der Waals surface area contributed by atoms with E-state index in [0.717, 1.165) is 11.1 Å². The van der Waals surface area contributed by atoms with E-state index in [1.54, 1.807) is 12.1 Å². The number of nitriles is 1. The standard InChI is InChI=1S/C11H12N/c1-11(2,3)10-7-5-4-6-9(10)8-12/h4,6-7H,1-3H3. The largest absolute Gasteiger partial charge is 0.192 e. The maximum Gasteiger partial charge on any atom is 0.0994 e. The van der Waals surface area contributed by atoms with Crippen LogP contribution in [0.3, 0.4) is 0 Å². The maximum atomic E-state index is 8.82. The summed E-state index contributed by atoms with van der Waals surface area (Å²) in [6.45, 7) is 6.28. The Morgan fingerprint density at radius 3 is 2.50 bits per heavy atom. The molecule has 1 rings (SSSR count). The van der Waals surface area contributed by atoms with Gasteiger partial charge in [0.15, 0.2) is 0 Å². The Morgan fingerprint density at radius 1 is 1.42 bits per heavy atom. The highest BCUT2D eigenvalue weighted by Gasteiger charge is 2.16. The molecule has 0 aromatic heterocycles. The van der Waals surface area contributed by atoms with Crippen molar-refractivity contribution in [1.29, 1.82) is 5.26 Å². The van der Waals surface area contributed by atoms with Crippen molar-refractivity contribution in [3.63, 3.8) is 0 Å². The quantitative estimate of drug-likeness (QED) is 0.569. The van der Waals surface area contributed by atoms with E-state index in [0.29, 0.717) is 0 Å². The lowest BCUT2D eigenvalue weighted by molar-refractivity contribution is 0.588. The van der Waals surface area contributed by atoms with Gasteiger partial charge < -0.3 is 0 Å². The fraction of sp³-hybridized carbons (Fsp3) is 0.364. The van der Waals surface area contributed by atoms with Crippen LogP contribution >= 0.6 is 0 Å². The van der Waals surface area contributed by atoms with Gasteiger partial charge in [-0.1, -0.05) is 26.8 Å². The molecule has 0 unspecified atom stereocenters. The number of benzene rings is 1. The molecule has 0 spiro atoms. The first-order valence-corrected chi connectivity index (χ1v) is 3.96. The zero-order valence-corrected chi connectivity index (χ0v) is 7.68. The molecule has 1 aromatic carbocycles. The number of hydrogen-bond donors (Lipinski definition) is 0. The van der Waals surface area contributed by atoms with Gasteiger partial charge in [0.1, 0.15) is 0 Å². The maximum absolute atomic E-state index is 8.82. The Hall–Kier alpha value is -1.29. The minimum Gasteiger partial charge on any atom is -0.192 e. The molecule has 1 nitrogen and oxygen atoms in total. The molecule has 0 amide bonds. The van der Waals surface area contributed by atoms with Crippen LogP contribution in [-0.4, -0.2) is 0 Å². The summed E-state index contributed by atoms with van der Waals surface area (Å²) >= 11 is 0. The first-order valence-electron chi connectivity index (χ1n) is 3.96. The zero-order chi connectivity index (χ0) is 9.19. The summed E-state index contributed by atoms with van der Waals surface area (Å²) in [6.07, 6.45) is 0. The van der Waals surface area contributed by atoms with E-state index in [2.05, 4.69) is 32.9 Å². The summed E-state index contributed by atoms with van der Waals surface area (Å²) in [7, 11) is 0. The van der Waals surface area contributed by atoms with Gasteiger partial charge in [-0.2, -0.15) is 5.26 Å². The van der Waals surface area contributed by atoms with Gasteiger partial charge in [0, 0.05) is 0 Å². The summed E-state index contributed by atoms with van der Waals surface area (Å²) in [6, 6.07) is 10.6. The average molecular weight is 158 g/mol. The molecule has 0 saturated heterocycles. The van der Waals surface area contributed by atoms with Gasteiger partial charge in [0.2, 0.25) is 0 Å². The molecule has 0 aliphatic heterocycles. The summed E-state index contributed by atoms with van der Waals surface area (Å²) < 4.78 is 0. The van der Waals surface area contributed by atoms with Crippen molar-refractivity contribution >= 4 is 0 Å². The predicted molar refractivity (Wildman–Crippen MR) is 48.7 cm³/mol. The lowest BCUT2D eigenvalue weighted by Gasteiger charge is -2.19. The molecule has 0 bridgehead atoms. The number of nitrogens with zero attached hydrogens (tertiary/aromatic N) is 1. The molecule has 0 N–H and O–H groups in total. The monoisotopic (exact) mass is 158 g/mol. The lowest BCUT2D eigenvalue weighted by atomic mass is 9.84. The second-order valence-corrected chi connectivity index (χ2v) is 3.83. The van der Waals surface area contributed by atoms with Gasteiger partial charge in [-0.25, -0.2) is 0 Å². The molecule has 0 aliphatic rings. The van der Waals surface area contributed by atoms with E-state index < -0.39 is 0 Å². The SMILES string of the molecule is CC(C)(C)c1c[c]ccc1C#N. The van der Waals surface area contributed by atoms with Crippen LogP contribution in [0.25, 0.3) is 0 Å². The normalized spacial score (nSPS) is 10.8. The first-order chi connectivity index (χ1) is 5.55. The molecule has 0 saturated carbocycles. The topological polar surface area (TPSA) is 23.8 Å². The molecular weight excluding hydrogens is 146 g/mol. The molecule has 0 heterocycles. The Kier molecular flexibility index (Phi) is 2.19. The highest BCUT2D eigenvalue weighted by atomic mass is 14.3. The summed E-state index contributed by atoms with van der Waals surface area (Å²) in [5.41, 5.74) is 1.84. The minimum absolute atomic E-state index is 0.0306. The molecule has 61 valence electrons. The smallest absolute Gasteiger partial charge is 0.0994 e. The van der Waals surface area contributed by atoms with E-state index in [1.165, 1.54) is 0 Å². The molecule has 0 fully saturated rings. The average Bonchev–Trinajstić information content (AvgIpc) is 2.03. The van der Waals surface area contributed by atoms with Crippen LogP contribution < -0.4 is 0 Å². The second-order valence-electron chi connectivity index (χ2n) is 3.83. The van der Waals surface area contributed by atoms with Crippen LogP contribution in [0.2, 0.25) is 0 Å². The van der Waals surface area contributed by atoms with Crippen molar-refractivity contribution < 1.29 is 0 Å². The fourth-order valence-corrected chi connectivity index (χ4v) is 1.15. The van der Waals surface area contributed by atoms with E-state index in [9.17, 15) is 0 Å². The minimum atomic E-state index is 0.0306. The Bertz CT molecular complexity index is 313. The molecular formula is C11H12N. The fourth-order valence-electron chi connectivity index (χ4n) is 1.15. The van der Waals surface area contributed by atoms with Gasteiger partial charge in [-0.3, -0.25) is 0 Å². The molecule has 0 aliphatic carbocycles. The molecule has 1 radical (unpaired) electrons. The van der Waals surface area contributed by atoms with Crippen LogP contribution in [0.15, 0.2) is 18.2 Å². The highest BCUT2D eigenvalue weighted by Crippen LogP contribution is 2.24. The van der Waals surface area contributed by atoms with Crippen molar-refractivity contribution in [2.45, 2.75) is 26.2 Å². The van der Waals surface area contributed by atoms with Crippen LogP contribution in [0, 0.1) is 17.4 Å². The first kappa shape index (κ1) is 8.80. The third-order valence-corrected chi connectivity index (χ3v) is 1.79. The van der Waals surface area contributed by atoms with Gasteiger partial charge in [-0.15, -0.1) is 0 Å². The Balaban J connectivity index is 3.26. The summed E-state index contributed by atoms with van der Waals surface area (Å²) in [5, 5.41) is 8.82. The highest BCUT2D eigenvalue weighted by molar-refractivity contribution is 5.40. The molecule has 1 aromatic rings. The predicted octanol–water partition coefficient (Wildman–Crippen LogP) is 2.66. The molecule has 1 heteroatoms. The van der Waals surface area contributed by atoms with Crippen LogP contribution in [0.4, 0.5) is 0 Å². The lowest BCUT2D eigenvalue weighted by Crippen LogP contribution is -2.12. The second kappa shape index (κ2) is 2.98. The molecule has 12 heavy (non-hydrogen) atoms. The van der Waals surface area contributed by atoms with Crippen molar-refractivity contribution in [2.24, 2.45) is 0 Å². The van der Waals surface area contributed by atoms with Crippen LogP contribution in [0.1, 0.15) is 31.9 Å². The van der Waals surface area contributed by atoms with Crippen molar-refractivity contribution in [3.05, 3.63) is 35.4 Å². The van der Waals surface area contributed by atoms with Gasteiger partial charge in [-0.05, 0) is 29.2 Å². The van der Waals surface area contributed by atoms with Crippen LogP contribution in [-0.2, 0) is 5.41 Å². The van der Waals surface area contributed by atoms with Crippen molar-refractivity contribution in [3.8, 4) is 6.07 Å². The third-order valence-electron chi connectivity index (χ3n) is 1.79. The van der Waals surface area contributed by atoms with Crippen LogP contribution in [0.5, 0.6) is 0 Å². The van der Waals surface area contributed by atoms with E-state index in [-0.39, 0.29) is 5.41 Å². The Labute approximate surface area is 73.6 Å². The van der Waals surface area contributed by atoms with E-state index in [1.807, 2.05) is 6.07 Å². The summed E-state index contributed by atoms with van der Waals surface area (Å²) in [4.78, 5) is 0.